The van der Waals surface area contributed by atoms with Gasteiger partial charge in [-0.1, -0.05) is 30.3 Å². The lowest BCUT2D eigenvalue weighted by Gasteiger charge is -2.12. The van der Waals surface area contributed by atoms with E-state index in [1.807, 2.05) is 30.3 Å². The number of rotatable bonds is 4. The molecule has 0 aliphatic carbocycles. The Morgan fingerprint density at radius 2 is 2.04 bits per heavy atom. The van der Waals surface area contributed by atoms with Crippen LogP contribution in [0.15, 0.2) is 53.5 Å². The topological polar surface area (TPSA) is 63.1 Å². The van der Waals surface area contributed by atoms with E-state index in [1.54, 1.807) is 34.7 Å². The van der Waals surface area contributed by atoms with E-state index in [4.69, 9.17) is 0 Å². The third-order valence-corrected chi connectivity index (χ3v) is 4.45. The maximum atomic E-state index is 12.4. The van der Waals surface area contributed by atoms with Gasteiger partial charge in [-0.3, -0.25) is 14.9 Å². The third kappa shape index (κ3) is 4.37. The van der Waals surface area contributed by atoms with Gasteiger partial charge in [0.15, 0.2) is 0 Å². The van der Waals surface area contributed by atoms with Crippen molar-refractivity contribution in [3.8, 4) is 0 Å². The van der Waals surface area contributed by atoms with Gasteiger partial charge in [0.1, 0.15) is 5.69 Å². The van der Waals surface area contributed by atoms with Crippen LogP contribution in [0.3, 0.4) is 0 Å². The van der Waals surface area contributed by atoms with Crippen molar-refractivity contribution in [2.75, 3.05) is 16.9 Å². The van der Waals surface area contributed by atoms with E-state index in [0.29, 0.717) is 12.2 Å². The Labute approximate surface area is 144 Å². The van der Waals surface area contributed by atoms with E-state index < -0.39 is 0 Å². The molecule has 1 aliphatic heterocycles. The standard InChI is InChI=1S/C16H17N3O2S.ClH/c20-15(14-10-22-11-17-14)18-13-7-4-8-19(16(13)21)9-12-5-2-1-3-6-12;/h1-8,14,17H,9-11H2,(H,18,20);1H. The Morgan fingerprint density at radius 1 is 1.26 bits per heavy atom. The Hall–Kier alpha value is -1.76. The van der Waals surface area contributed by atoms with E-state index in [9.17, 15) is 9.59 Å². The third-order valence-electron chi connectivity index (χ3n) is 3.51. The second-order valence-electron chi connectivity index (χ2n) is 5.10. The minimum Gasteiger partial charge on any atom is -0.320 e. The van der Waals surface area contributed by atoms with Gasteiger partial charge < -0.3 is 9.88 Å². The number of carbonyl (C=O) groups excluding carboxylic acids is 1. The van der Waals surface area contributed by atoms with Gasteiger partial charge in [-0.05, 0) is 17.7 Å². The van der Waals surface area contributed by atoms with Gasteiger partial charge in [-0.2, -0.15) is 0 Å². The van der Waals surface area contributed by atoms with E-state index in [-0.39, 0.29) is 29.9 Å². The van der Waals surface area contributed by atoms with Crippen LogP contribution in [-0.4, -0.2) is 28.1 Å². The average molecular weight is 352 g/mol. The van der Waals surface area contributed by atoms with Gasteiger partial charge in [0.25, 0.3) is 5.56 Å². The SMILES string of the molecule is Cl.O=C(Nc1cccn(Cc2ccccc2)c1=O)C1CSCN1. The van der Waals surface area contributed by atoms with Gasteiger partial charge in [-0.15, -0.1) is 24.2 Å². The fraction of sp³-hybridized carbons (Fsp3) is 0.250. The lowest BCUT2D eigenvalue weighted by molar-refractivity contribution is -0.117. The van der Waals surface area contributed by atoms with Crippen molar-refractivity contribution >= 4 is 35.8 Å². The smallest absolute Gasteiger partial charge is 0.274 e. The highest BCUT2D eigenvalue weighted by Gasteiger charge is 2.23. The zero-order chi connectivity index (χ0) is 15.4. The fourth-order valence-corrected chi connectivity index (χ4v) is 3.26. The molecular weight excluding hydrogens is 334 g/mol. The van der Waals surface area contributed by atoms with Crippen molar-refractivity contribution in [1.82, 2.24) is 9.88 Å². The van der Waals surface area contributed by atoms with Crippen LogP contribution in [0, 0.1) is 0 Å². The van der Waals surface area contributed by atoms with Gasteiger partial charge >= 0.3 is 0 Å². The summed E-state index contributed by atoms with van der Waals surface area (Å²) in [5.41, 5.74) is 1.18. The molecule has 1 amide bonds. The summed E-state index contributed by atoms with van der Waals surface area (Å²) in [6.07, 6.45) is 1.73. The average Bonchev–Trinajstić information content (AvgIpc) is 3.07. The normalized spacial score (nSPS) is 16.6. The molecule has 2 heterocycles. The lowest BCUT2D eigenvalue weighted by Crippen LogP contribution is -2.39. The van der Waals surface area contributed by atoms with Crippen LogP contribution >= 0.6 is 24.2 Å². The summed E-state index contributed by atoms with van der Waals surface area (Å²) in [5, 5.41) is 5.82. The molecule has 0 bridgehead atoms. The van der Waals surface area contributed by atoms with Gasteiger partial charge in [0.2, 0.25) is 5.91 Å². The number of hydrogen-bond acceptors (Lipinski definition) is 4. The number of amides is 1. The molecule has 1 atom stereocenters. The van der Waals surface area contributed by atoms with Crippen LogP contribution in [0.2, 0.25) is 0 Å². The van der Waals surface area contributed by atoms with Crippen LogP contribution < -0.4 is 16.2 Å². The summed E-state index contributed by atoms with van der Waals surface area (Å²) in [7, 11) is 0. The summed E-state index contributed by atoms with van der Waals surface area (Å²) >= 11 is 1.67. The molecule has 0 spiro atoms. The highest BCUT2D eigenvalue weighted by Crippen LogP contribution is 2.11. The van der Waals surface area contributed by atoms with Gasteiger partial charge in [-0.25, -0.2) is 0 Å². The molecule has 0 saturated carbocycles. The van der Waals surface area contributed by atoms with Crippen LogP contribution in [0.4, 0.5) is 5.69 Å². The first-order valence-electron chi connectivity index (χ1n) is 7.09. The molecule has 5 nitrogen and oxygen atoms in total. The monoisotopic (exact) mass is 351 g/mol. The summed E-state index contributed by atoms with van der Waals surface area (Å²) in [6, 6.07) is 12.9. The van der Waals surface area contributed by atoms with Crippen molar-refractivity contribution in [3.05, 3.63) is 64.6 Å². The highest BCUT2D eigenvalue weighted by atomic mass is 35.5. The van der Waals surface area contributed by atoms with E-state index in [0.717, 1.165) is 17.2 Å². The van der Waals surface area contributed by atoms with E-state index >= 15 is 0 Å². The number of anilines is 1. The summed E-state index contributed by atoms with van der Waals surface area (Å²) in [4.78, 5) is 24.5. The zero-order valence-corrected chi connectivity index (χ0v) is 14.0. The molecule has 1 aliphatic rings. The molecule has 1 saturated heterocycles. The molecule has 7 heteroatoms. The maximum Gasteiger partial charge on any atom is 0.274 e. The largest absolute Gasteiger partial charge is 0.320 e. The molecule has 122 valence electrons. The van der Waals surface area contributed by atoms with Crippen LogP contribution in [0.1, 0.15) is 5.56 Å². The van der Waals surface area contributed by atoms with Crippen molar-refractivity contribution in [1.29, 1.82) is 0 Å². The van der Waals surface area contributed by atoms with Crippen molar-refractivity contribution in [2.24, 2.45) is 0 Å². The minimum absolute atomic E-state index is 0. The number of carbonyl (C=O) groups is 1. The van der Waals surface area contributed by atoms with Crippen LogP contribution in [0.5, 0.6) is 0 Å². The summed E-state index contributed by atoms with van der Waals surface area (Å²) < 4.78 is 1.60. The Balaban J connectivity index is 0.00000192. The number of aromatic nitrogens is 1. The van der Waals surface area contributed by atoms with Crippen molar-refractivity contribution in [3.63, 3.8) is 0 Å². The molecular formula is C16H18ClN3O2S. The summed E-state index contributed by atoms with van der Waals surface area (Å²) in [5.74, 6) is 1.35. The lowest BCUT2D eigenvalue weighted by atomic mass is 10.2. The number of pyridine rings is 1. The molecule has 1 fully saturated rings. The molecule has 2 N–H and O–H groups in total. The van der Waals surface area contributed by atoms with Crippen molar-refractivity contribution in [2.45, 2.75) is 12.6 Å². The first kappa shape index (κ1) is 17.6. The Bertz CT molecular complexity index is 715. The number of halogens is 1. The first-order valence-corrected chi connectivity index (χ1v) is 8.25. The van der Waals surface area contributed by atoms with Crippen molar-refractivity contribution < 1.29 is 4.79 Å². The van der Waals surface area contributed by atoms with Gasteiger partial charge in [0, 0.05) is 17.8 Å². The number of thioether (sulfide) groups is 1. The van der Waals surface area contributed by atoms with E-state index in [1.165, 1.54) is 0 Å². The Kier molecular flexibility index (Phi) is 6.27. The van der Waals surface area contributed by atoms with Gasteiger partial charge in [0.05, 0.1) is 12.6 Å². The molecule has 3 rings (SSSR count). The molecule has 1 aromatic carbocycles. The predicted molar refractivity (Wildman–Crippen MR) is 96.4 cm³/mol. The second-order valence-corrected chi connectivity index (χ2v) is 6.13. The van der Waals surface area contributed by atoms with E-state index in [2.05, 4.69) is 10.6 Å². The number of benzene rings is 1. The maximum absolute atomic E-state index is 12.4. The number of nitrogens with zero attached hydrogens (tertiary/aromatic N) is 1. The molecule has 1 unspecified atom stereocenters. The minimum atomic E-state index is -0.229. The number of hydrogen-bond donors (Lipinski definition) is 2. The molecule has 23 heavy (non-hydrogen) atoms. The van der Waals surface area contributed by atoms with Crippen LogP contribution in [-0.2, 0) is 11.3 Å². The summed E-state index contributed by atoms with van der Waals surface area (Å²) in [6.45, 7) is 0.487. The molecule has 0 radical (unpaired) electrons. The quantitative estimate of drug-likeness (QED) is 0.883. The molecule has 2 aromatic rings. The zero-order valence-electron chi connectivity index (χ0n) is 12.4. The van der Waals surface area contributed by atoms with Crippen LogP contribution in [0.25, 0.3) is 0 Å². The first-order chi connectivity index (χ1) is 10.7. The fourth-order valence-electron chi connectivity index (χ4n) is 2.32. The highest BCUT2D eigenvalue weighted by molar-refractivity contribution is 7.99. The molecule has 1 aromatic heterocycles. The predicted octanol–water partition coefficient (Wildman–Crippen LogP) is 1.92. The Morgan fingerprint density at radius 3 is 2.74 bits per heavy atom. The number of nitrogens with one attached hydrogen (secondary N) is 2. The second kappa shape index (κ2) is 8.19.